The molecule has 0 radical (unpaired) electrons. The number of hydrogen-bond acceptors (Lipinski definition) is 7. The summed E-state index contributed by atoms with van der Waals surface area (Å²) in [6.45, 7) is 3.98. The second kappa shape index (κ2) is 8.81. The molecule has 3 heterocycles. The molecule has 1 amide bonds. The van der Waals surface area contributed by atoms with Gasteiger partial charge in [-0.15, -0.1) is 11.3 Å². The third-order valence-electron chi connectivity index (χ3n) is 4.70. The molecule has 7 nitrogen and oxygen atoms in total. The highest BCUT2D eigenvalue weighted by Crippen LogP contribution is 2.34. The normalized spacial score (nSPS) is 15.6. The number of nitrogens with zero attached hydrogens (tertiary/aromatic N) is 4. The summed E-state index contributed by atoms with van der Waals surface area (Å²) in [5.74, 6) is 0.652. The summed E-state index contributed by atoms with van der Waals surface area (Å²) < 4.78 is 5.34. The van der Waals surface area contributed by atoms with E-state index < -0.39 is 0 Å². The van der Waals surface area contributed by atoms with Gasteiger partial charge in [0.25, 0.3) is 5.89 Å². The number of benzene rings is 1. The summed E-state index contributed by atoms with van der Waals surface area (Å²) in [7, 11) is 2.08. The van der Waals surface area contributed by atoms with Crippen molar-refractivity contribution in [3.63, 3.8) is 0 Å². The van der Waals surface area contributed by atoms with Gasteiger partial charge in [-0.05, 0) is 36.7 Å². The lowest BCUT2D eigenvalue weighted by atomic mass is 10.2. The molecule has 0 aliphatic carbocycles. The zero-order valence-corrected chi connectivity index (χ0v) is 18.0. The first-order chi connectivity index (χ1) is 14.0. The third-order valence-corrected chi connectivity index (χ3v) is 6.36. The summed E-state index contributed by atoms with van der Waals surface area (Å²) in [6.07, 6.45) is 0. The van der Waals surface area contributed by atoms with Crippen LogP contribution >= 0.6 is 34.5 Å². The smallest absolute Gasteiger partial charge is 0.269 e. The molecule has 0 bridgehead atoms. The predicted octanol–water partition coefficient (Wildman–Crippen LogP) is 3.96. The van der Waals surface area contributed by atoms with Crippen molar-refractivity contribution in [2.45, 2.75) is 0 Å². The van der Waals surface area contributed by atoms with E-state index in [4.69, 9.17) is 27.7 Å². The fraction of sp³-hybridized carbons (Fsp3) is 0.316. The van der Waals surface area contributed by atoms with Crippen molar-refractivity contribution >= 4 is 46.1 Å². The number of thiophene rings is 1. The maximum atomic E-state index is 12.5. The minimum absolute atomic E-state index is 0.104. The fourth-order valence-corrected chi connectivity index (χ4v) is 4.26. The van der Waals surface area contributed by atoms with Crippen molar-refractivity contribution in [2.24, 2.45) is 0 Å². The monoisotopic (exact) mass is 451 g/mol. The number of halogens is 2. The molecule has 1 saturated heterocycles. The van der Waals surface area contributed by atoms with Crippen molar-refractivity contribution in [1.29, 1.82) is 0 Å². The Bertz CT molecular complexity index is 1010. The van der Waals surface area contributed by atoms with Gasteiger partial charge in [-0.25, -0.2) is 0 Å². The van der Waals surface area contributed by atoms with Gasteiger partial charge in [0.15, 0.2) is 0 Å². The van der Waals surface area contributed by atoms with E-state index in [0.29, 0.717) is 39.6 Å². The molecule has 0 unspecified atom stereocenters. The maximum absolute atomic E-state index is 12.5. The fourth-order valence-electron chi connectivity index (χ4n) is 3.04. The first-order valence-electron chi connectivity index (χ1n) is 9.07. The summed E-state index contributed by atoms with van der Waals surface area (Å²) in [6, 6.07) is 7.01. The number of piperazine rings is 1. The molecule has 1 aliphatic rings. The molecule has 0 saturated carbocycles. The zero-order valence-electron chi connectivity index (χ0n) is 15.7. The molecule has 3 aromatic rings. The maximum Gasteiger partial charge on any atom is 0.269 e. The molecular weight excluding hydrogens is 433 g/mol. The quantitative estimate of drug-likeness (QED) is 0.632. The van der Waals surface area contributed by atoms with Crippen LogP contribution in [0, 0.1) is 0 Å². The van der Waals surface area contributed by atoms with E-state index in [1.165, 1.54) is 11.3 Å². The van der Waals surface area contributed by atoms with Crippen LogP contribution in [0.15, 0.2) is 34.2 Å². The highest BCUT2D eigenvalue weighted by molar-refractivity contribution is 7.14. The highest BCUT2D eigenvalue weighted by Gasteiger charge is 2.19. The number of carbonyl (C=O) groups is 1. The van der Waals surface area contributed by atoms with E-state index in [9.17, 15) is 4.79 Å². The Hall–Kier alpha value is -1.97. The largest absolute Gasteiger partial charge is 0.333 e. The molecule has 10 heteroatoms. The molecular formula is C19H19Cl2N5O2S. The van der Waals surface area contributed by atoms with Gasteiger partial charge < -0.3 is 14.7 Å². The molecule has 1 fully saturated rings. The lowest BCUT2D eigenvalue weighted by Crippen LogP contribution is -2.47. The van der Waals surface area contributed by atoms with Crippen LogP contribution in [-0.2, 0) is 4.79 Å². The summed E-state index contributed by atoms with van der Waals surface area (Å²) >= 11 is 13.8. The van der Waals surface area contributed by atoms with Crippen LogP contribution in [0.4, 0.5) is 5.69 Å². The predicted molar refractivity (Wildman–Crippen MR) is 116 cm³/mol. The number of aromatic nitrogens is 2. The van der Waals surface area contributed by atoms with Crippen molar-refractivity contribution in [2.75, 3.05) is 45.1 Å². The topological polar surface area (TPSA) is 74.5 Å². The Morgan fingerprint density at radius 3 is 2.72 bits per heavy atom. The molecule has 1 aromatic carbocycles. The van der Waals surface area contributed by atoms with E-state index >= 15 is 0 Å². The van der Waals surface area contributed by atoms with Gasteiger partial charge in [0.05, 0.1) is 22.3 Å². The summed E-state index contributed by atoms with van der Waals surface area (Å²) in [5, 5.41) is 9.79. The lowest BCUT2D eigenvalue weighted by Gasteiger charge is -2.31. The Morgan fingerprint density at radius 1 is 1.21 bits per heavy atom. The number of likely N-dealkylation sites (N-methyl/N-ethyl adjacent to an activating group) is 1. The first kappa shape index (κ1) is 20.3. The van der Waals surface area contributed by atoms with Gasteiger partial charge >= 0.3 is 0 Å². The molecule has 1 aliphatic heterocycles. The molecule has 152 valence electrons. The van der Waals surface area contributed by atoms with Gasteiger partial charge in [-0.1, -0.05) is 28.4 Å². The number of rotatable bonds is 5. The van der Waals surface area contributed by atoms with Crippen molar-refractivity contribution in [1.82, 2.24) is 19.9 Å². The molecule has 29 heavy (non-hydrogen) atoms. The number of anilines is 1. The Kier molecular flexibility index (Phi) is 6.17. The molecule has 1 N–H and O–H groups in total. The summed E-state index contributed by atoms with van der Waals surface area (Å²) in [4.78, 5) is 22.0. The number of nitrogens with one attached hydrogen (secondary N) is 1. The average Bonchev–Trinajstić information content (AvgIpc) is 3.34. The van der Waals surface area contributed by atoms with Crippen LogP contribution in [0.5, 0.6) is 0 Å². The van der Waals surface area contributed by atoms with Crippen LogP contribution in [0.3, 0.4) is 0 Å². The first-order valence-corrected chi connectivity index (χ1v) is 10.7. The summed E-state index contributed by atoms with van der Waals surface area (Å²) in [5.41, 5.74) is 1.20. The van der Waals surface area contributed by atoms with Gasteiger partial charge in [0.1, 0.15) is 4.88 Å². The number of hydrogen-bond donors (Lipinski definition) is 1. The Balaban J connectivity index is 1.47. The second-order valence-corrected chi connectivity index (χ2v) is 8.57. The van der Waals surface area contributed by atoms with Gasteiger partial charge in [-0.2, -0.15) is 4.98 Å². The van der Waals surface area contributed by atoms with Crippen molar-refractivity contribution in [3.8, 4) is 22.2 Å². The van der Waals surface area contributed by atoms with Gasteiger partial charge in [-0.3, -0.25) is 9.69 Å². The lowest BCUT2D eigenvalue weighted by molar-refractivity contribution is -0.117. The minimum Gasteiger partial charge on any atom is -0.333 e. The Labute approximate surface area is 182 Å². The number of carbonyl (C=O) groups excluding carboxylic acids is 1. The van der Waals surface area contributed by atoms with Crippen LogP contribution < -0.4 is 5.32 Å². The van der Waals surface area contributed by atoms with Crippen molar-refractivity contribution in [3.05, 3.63) is 39.7 Å². The molecule has 2 aromatic heterocycles. The van der Waals surface area contributed by atoms with Crippen LogP contribution in [0.1, 0.15) is 0 Å². The van der Waals surface area contributed by atoms with E-state index in [1.807, 2.05) is 5.38 Å². The van der Waals surface area contributed by atoms with E-state index in [-0.39, 0.29) is 5.91 Å². The van der Waals surface area contributed by atoms with E-state index in [1.54, 1.807) is 24.3 Å². The molecule has 0 atom stereocenters. The van der Waals surface area contributed by atoms with Gasteiger partial charge in [0.2, 0.25) is 11.7 Å². The SMILES string of the molecule is CN1CCN(CC(=O)Nc2cc(-c3noc(-c4sccc4Cl)n3)ccc2Cl)CC1. The average molecular weight is 452 g/mol. The van der Waals surface area contributed by atoms with E-state index in [0.717, 1.165) is 31.1 Å². The highest BCUT2D eigenvalue weighted by atomic mass is 35.5. The van der Waals surface area contributed by atoms with Crippen LogP contribution in [0.2, 0.25) is 10.0 Å². The van der Waals surface area contributed by atoms with Crippen molar-refractivity contribution < 1.29 is 9.32 Å². The minimum atomic E-state index is -0.104. The number of amides is 1. The zero-order chi connectivity index (χ0) is 20.4. The van der Waals surface area contributed by atoms with E-state index in [2.05, 4.69) is 32.3 Å². The Morgan fingerprint density at radius 2 is 2.00 bits per heavy atom. The molecule has 4 rings (SSSR count). The van der Waals surface area contributed by atoms with Crippen LogP contribution in [-0.4, -0.2) is 65.6 Å². The standard InChI is InChI=1S/C19H19Cl2N5O2S/c1-25-5-7-26(8-6-25)11-16(27)22-15-10-12(2-3-13(15)20)18-23-19(28-24-18)17-14(21)4-9-29-17/h2-4,9-10H,5-8,11H2,1H3,(H,22,27). The third kappa shape index (κ3) is 4.79. The van der Waals surface area contributed by atoms with Crippen LogP contribution in [0.25, 0.3) is 22.2 Å². The second-order valence-electron chi connectivity index (χ2n) is 6.84. The molecule has 0 spiro atoms. The van der Waals surface area contributed by atoms with Gasteiger partial charge in [0, 0.05) is 31.7 Å².